The molecule has 4 heterocycles. The van der Waals surface area contributed by atoms with Crippen molar-refractivity contribution < 1.29 is 19.5 Å². The topological polar surface area (TPSA) is 81.2 Å². The fourth-order valence-corrected chi connectivity index (χ4v) is 8.77. The Labute approximate surface area is 239 Å². The van der Waals surface area contributed by atoms with Gasteiger partial charge in [-0.05, 0) is 24.0 Å². The first-order valence-electron chi connectivity index (χ1n) is 14.1. The number of carbonyl (C=O) groups excluding carboxylic acids is 3. The molecule has 7 nitrogen and oxygen atoms in total. The lowest BCUT2D eigenvalue weighted by Gasteiger charge is -2.35. The van der Waals surface area contributed by atoms with Crippen LogP contribution in [0.3, 0.4) is 0 Å². The molecule has 0 radical (unpaired) electrons. The number of hydrogen-bond donors (Lipinski definition) is 1. The highest BCUT2D eigenvalue weighted by Crippen LogP contribution is 2.61. The quantitative estimate of drug-likeness (QED) is 0.398. The Morgan fingerprint density at radius 1 is 0.800 bits per heavy atom. The average molecular weight is 558 g/mol. The predicted octanol–water partition coefficient (Wildman–Crippen LogP) is 3.25. The van der Waals surface area contributed by atoms with Gasteiger partial charge in [-0.3, -0.25) is 14.4 Å². The highest BCUT2D eigenvalue weighted by Gasteiger charge is 2.70. The number of rotatable bonds is 8. The van der Waals surface area contributed by atoms with Crippen LogP contribution in [0.5, 0.6) is 0 Å². The van der Waals surface area contributed by atoms with Crippen molar-refractivity contribution in [1.29, 1.82) is 0 Å². The van der Waals surface area contributed by atoms with Crippen LogP contribution in [0.4, 0.5) is 0 Å². The predicted molar refractivity (Wildman–Crippen MR) is 155 cm³/mol. The van der Waals surface area contributed by atoms with E-state index in [9.17, 15) is 19.5 Å². The van der Waals surface area contributed by atoms with Gasteiger partial charge >= 0.3 is 0 Å². The highest BCUT2D eigenvalue weighted by molar-refractivity contribution is 8.02. The maximum atomic E-state index is 14.3. The lowest BCUT2D eigenvalue weighted by atomic mass is 9.78. The molecular weight excluding hydrogens is 522 g/mol. The molecule has 1 N–H and O–H groups in total. The lowest BCUT2D eigenvalue weighted by molar-refractivity contribution is -0.144. The van der Waals surface area contributed by atoms with Crippen LogP contribution in [0.15, 0.2) is 85.0 Å². The van der Waals surface area contributed by atoms with Crippen molar-refractivity contribution in [3.8, 4) is 0 Å². The molecule has 1 unspecified atom stereocenters. The molecule has 5 atom stereocenters. The van der Waals surface area contributed by atoms with Crippen LogP contribution < -0.4 is 0 Å². The second-order valence-corrected chi connectivity index (χ2v) is 12.5. The van der Waals surface area contributed by atoms with Gasteiger partial charge in [-0.25, -0.2) is 0 Å². The van der Waals surface area contributed by atoms with Crippen molar-refractivity contribution in [3.05, 3.63) is 96.1 Å². The number of thioether (sulfide) groups is 1. The number of likely N-dealkylation sites (tertiary alicyclic amines) is 1. The van der Waals surface area contributed by atoms with E-state index in [2.05, 4.69) is 12.2 Å². The molecule has 2 aromatic rings. The first-order chi connectivity index (χ1) is 19.5. The number of aliphatic hydroxyl groups excluding tert-OH is 1. The summed E-state index contributed by atoms with van der Waals surface area (Å²) in [4.78, 5) is 48.2. The minimum Gasteiger partial charge on any atom is -0.396 e. The summed E-state index contributed by atoms with van der Waals surface area (Å²) in [5, 5.41) is 9.24. The number of amides is 3. The maximum Gasteiger partial charge on any atom is 0.247 e. The van der Waals surface area contributed by atoms with E-state index < -0.39 is 22.6 Å². The zero-order chi connectivity index (χ0) is 27.7. The molecule has 2 fully saturated rings. The first-order valence-corrected chi connectivity index (χ1v) is 15.0. The molecule has 40 heavy (non-hydrogen) atoms. The van der Waals surface area contributed by atoms with E-state index in [0.29, 0.717) is 45.6 Å². The maximum absolute atomic E-state index is 14.3. The molecule has 6 rings (SSSR count). The third-order valence-corrected chi connectivity index (χ3v) is 10.3. The van der Waals surface area contributed by atoms with Crippen molar-refractivity contribution in [3.63, 3.8) is 0 Å². The summed E-state index contributed by atoms with van der Waals surface area (Å²) in [7, 11) is 0. The van der Waals surface area contributed by atoms with Crippen LogP contribution in [0.25, 0.3) is 0 Å². The van der Waals surface area contributed by atoms with Crippen molar-refractivity contribution in [2.45, 2.75) is 42.0 Å². The standard InChI is InChI=1S/C32H35N3O4S/c36-20-8-7-19-35-28-31(39)34(22-24-13-5-2-6-14-24)18-10-16-32(28)27(30(35)38)26-25(40-32)15-9-17-33(29(26)37)21-23-11-3-1-4-12-23/h1-6,9-16,25-28,36H,7-8,17-22H2/t25-,26+,27-,28?,32-/m0/s1. The van der Waals surface area contributed by atoms with Crippen LogP contribution >= 0.6 is 11.8 Å². The first kappa shape index (κ1) is 26.8. The molecule has 2 aromatic carbocycles. The van der Waals surface area contributed by atoms with E-state index in [1.165, 1.54) is 0 Å². The fourth-order valence-electron chi connectivity index (χ4n) is 6.76. The van der Waals surface area contributed by atoms with E-state index >= 15 is 0 Å². The van der Waals surface area contributed by atoms with Gasteiger partial charge in [0.15, 0.2) is 0 Å². The zero-order valence-corrected chi connectivity index (χ0v) is 23.3. The molecule has 0 aromatic heterocycles. The summed E-state index contributed by atoms with van der Waals surface area (Å²) in [5.41, 5.74) is 2.08. The smallest absolute Gasteiger partial charge is 0.247 e. The summed E-state index contributed by atoms with van der Waals surface area (Å²) < 4.78 is -0.816. The molecule has 2 saturated heterocycles. The lowest BCUT2D eigenvalue weighted by Crippen LogP contribution is -2.53. The zero-order valence-electron chi connectivity index (χ0n) is 22.5. The van der Waals surface area contributed by atoms with Gasteiger partial charge in [0.2, 0.25) is 17.7 Å². The van der Waals surface area contributed by atoms with Gasteiger partial charge in [0.05, 0.1) is 16.6 Å². The highest BCUT2D eigenvalue weighted by atomic mass is 32.2. The Morgan fingerprint density at radius 2 is 1.43 bits per heavy atom. The minimum absolute atomic E-state index is 0.0243. The van der Waals surface area contributed by atoms with Crippen molar-refractivity contribution >= 4 is 29.5 Å². The Morgan fingerprint density at radius 3 is 2.08 bits per heavy atom. The molecule has 3 amide bonds. The number of fused-ring (bicyclic) bond motifs is 2. The fraction of sp³-hybridized carbons (Fsp3) is 0.406. The van der Waals surface area contributed by atoms with Crippen LogP contribution in [-0.2, 0) is 27.5 Å². The van der Waals surface area contributed by atoms with Gasteiger partial charge in [-0.15, -0.1) is 11.8 Å². The second-order valence-electron chi connectivity index (χ2n) is 11.0. The normalized spacial score (nSPS) is 29.3. The molecule has 0 aliphatic carbocycles. The van der Waals surface area contributed by atoms with Gasteiger partial charge < -0.3 is 19.8 Å². The Bertz CT molecular complexity index is 1320. The van der Waals surface area contributed by atoms with E-state index in [0.717, 1.165) is 11.1 Å². The number of hydrogen-bond acceptors (Lipinski definition) is 5. The molecule has 1 spiro atoms. The van der Waals surface area contributed by atoms with Gasteiger partial charge in [0, 0.05) is 44.6 Å². The van der Waals surface area contributed by atoms with Crippen LogP contribution in [0.1, 0.15) is 24.0 Å². The summed E-state index contributed by atoms with van der Waals surface area (Å²) in [6.07, 6.45) is 9.36. The number of carbonyl (C=O) groups is 3. The Kier molecular flexibility index (Phi) is 7.55. The minimum atomic E-state index is -0.816. The summed E-state index contributed by atoms with van der Waals surface area (Å²) in [5.74, 6) is -1.37. The summed E-state index contributed by atoms with van der Waals surface area (Å²) in [6, 6.07) is 19.1. The Balaban J connectivity index is 1.35. The van der Waals surface area contributed by atoms with E-state index in [1.807, 2.05) is 82.6 Å². The molecule has 8 heteroatoms. The molecule has 4 aliphatic heterocycles. The number of nitrogens with zero attached hydrogens (tertiary/aromatic N) is 3. The van der Waals surface area contributed by atoms with Crippen LogP contribution in [0.2, 0.25) is 0 Å². The summed E-state index contributed by atoms with van der Waals surface area (Å²) in [6.45, 7) is 2.31. The van der Waals surface area contributed by atoms with E-state index in [-0.39, 0.29) is 29.6 Å². The average Bonchev–Trinajstić information content (AvgIpc) is 3.29. The monoisotopic (exact) mass is 557 g/mol. The molecular formula is C32H35N3O4S. The number of unbranched alkanes of at least 4 members (excludes halogenated alkanes) is 1. The van der Waals surface area contributed by atoms with E-state index in [1.54, 1.807) is 16.7 Å². The molecule has 4 aliphatic rings. The van der Waals surface area contributed by atoms with E-state index in [4.69, 9.17) is 0 Å². The SMILES string of the molecule is O=C1C2N(CCCCO)C(=O)[C@@H]3[C@@H]4C(=O)N(Cc5ccccc5)CC=C[C@@H]4S[C@]23C=CCN1Cc1ccccc1. The third kappa shape index (κ3) is 4.67. The Hall–Kier alpha value is -3.36. The largest absolute Gasteiger partial charge is 0.396 e. The van der Waals surface area contributed by atoms with Gasteiger partial charge in [-0.2, -0.15) is 0 Å². The second kappa shape index (κ2) is 11.3. The number of aliphatic hydroxyl groups is 1. The third-order valence-electron chi connectivity index (χ3n) is 8.57. The van der Waals surface area contributed by atoms with Crippen LogP contribution in [-0.4, -0.2) is 79.8 Å². The molecule has 0 bridgehead atoms. The number of benzene rings is 2. The van der Waals surface area contributed by atoms with Gasteiger partial charge in [0.25, 0.3) is 0 Å². The van der Waals surface area contributed by atoms with Crippen molar-refractivity contribution in [2.75, 3.05) is 26.2 Å². The van der Waals surface area contributed by atoms with Crippen molar-refractivity contribution in [1.82, 2.24) is 14.7 Å². The van der Waals surface area contributed by atoms with Gasteiger partial charge in [-0.1, -0.05) is 85.0 Å². The molecule has 208 valence electrons. The van der Waals surface area contributed by atoms with Crippen molar-refractivity contribution in [2.24, 2.45) is 11.8 Å². The summed E-state index contributed by atoms with van der Waals surface area (Å²) >= 11 is 1.61. The molecule has 0 saturated carbocycles. The van der Waals surface area contributed by atoms with Gasteiger partial charge in [0.1, 0.15) is 6.04 Å². The van der Waals surface area contributed by atoms with Crippen LogP contribution in [0, 0.1) is 11.8 Å².